The smallest absolute Gasteiger partial charge is 0.135 e. The number of ether oxygens (including phenoxy) is 1. The summed E-state index contributed by atoms with van der Waals surface area (Å²) >= 11 is 4.88. The van der Waals surface area contributed by atoms with Crippen LogP contribution in [0.2, 0.25) is 0 Å². The van der Waals surface area contributed by atoms with Gasteiger partial charge in [-0.05, 0) is 62.7 Å². The standard InChI is InChI=1S/C23H44O3S/c1-9-19(22(6,7)17(4)24)21(27)12-15(2)14-26-18(5)23(8)11-10-20(25)16(3)13-23/h15-16,18-21,25,27H,9-14H2,1-8H3. The first kappa shape index (κ1) is 25.0. The summed E-state index contributed by atoms with van der Waals surface area (Å²) in [6.45, 7) is 17.5. The van der Waals surface area contributed by atoms with Gasteiger partial charge in [0, 0.05) is 17.3 Å². The molecule has 160 valence electrons. The second-order valence-electron chi connectivity index (χ2n) is 10.1. The van der Waals surface area contributed by atoms with Gasteiger partial charge in [0.15, 0.2) is 0 Å². The Morgan fingerprint density at radius 1 is 1.37 bits per heavy atom. The van der Waals surface area contributed by atoms with Crippen LogP contribution in [0.3, 0.4) is 0 Å². The number of aliphatic hydroxyl groups excluding tert-OH is 1. The third-order valence-corrected chi connectivity index (χ3v) is 8.02. The van der Waals surface area contributed by atoms with E-state index in [9.17, 15) is 9.90 Å². The van der Waals surface area contributed by atoms with Crippen molar-refractivity contribution >= 4 is 18.4 Å². The van der Waals surface area contributed by atoms with Crippen LogP contribution in [0.4, 0.5) is 0 Å². The summed E-state index contributed by atoms with van der Waals surface area (Å²) in [6.07, 6.45) is 4.85. The number of Topliss-reactive ketones (excluding diaryl/α,β-unsaturated/α-hetero) is 1. The van der Waals surface area contributed by atoms with Gasteiger partial charge in [0.25, 0.3) is 0 Å². The minimum Gasteiger partial charge on any atom is -0.393 e. The lowest BCUT2D eigenvalue weighted by atomic mass is 9.67. The Balaban J connectivity index is 2.56. The van der Waals surface area contributed by atoms with Gasteiger partial charge >= 0.3 is 0 Å². The van der Waals surface area contributed by atoms with Crippen LogP contribution in [-0.2, 0) is 9.53 Å². The summed E-state index contributed by atoms with van der Waals surface area (Å²) in [7, 11) is 0. The second-order valence-corrected chi connectivity index (χ2v) is 10.8. The molecule has 0 radical (unpaired) electrons. The van der Waals surface area contributed by atoms with Gasteiger partial charge < -0.3 is 9.84 Å². The van der Waals surface area contributed by atoms with Gasteiger partial charge in [-0.2, -0.15) is 12.6 Å². The highest BCUT2D eigenvalue weighted by atomic mass is 32.1. The van der Waals surface area contributed by atoms with E-state index >= 15 is 0 Å². The molecule has 3 nitrogen and oxygen atoms in total. The molecule has 7 atom stereocenters. The third-order valence-electron chi connectivity index (χ3n) is 7.45. The molecule has 4 heteroatoms. The number of thiol groups is 1. The lowest BCUT2D eigenvalue weighted by molar-refractivity contribution is -0.127. The third kappa shape index (κ3) is 6.47. The Hall–Kier alpha value is -0.0600. The Morgan fingerprint density at radius 2 is 1.96 bits per heavy atom. The van der Waals surface area contributed by atoms with Crippen molar-refractivity contribution in [3.8, 4) is 0 Å². The lowest BCUT2D eigenvalue weighted by Crippen LogP contribution is -2.42. The quantitative estimate of drug-likeness (QED) is 0.473. The van der Waals surface area contributed by atoms with E-state index in [1.165, 1.54) is 0 Å². The molecule has 0 aromatic heterocycles. The number of hydrogen-bond donors (Lipinski definition) is 2. The summed E-state index contributed by atoms with van der Waals surface area (Å²) in [5.41, 5.74) is -0.192. The highest BCUT2D eigenvalue weighted by molar-refractivity contribution is 7.81. The van der Waals surface area contributed by atoms with Gasteiger partial charge in [0.1, 0.15) is 5.78 Å². The Bertz CT molecular complexity index is 478. The molecule has 1 saturated carbocycles. The molecule has 0 spiro atoms. The number of rotatable bonds is 10. The summed E-state index contributed by atoms with van der Waals surface area (Å²) in [6, 6.07) is 0. The van der Waals surface area contributed by atoms with Gasteiger partial charge in [-0.15, -0.1) is 0 Å². The Morgan fingerprint density at radius 3 is 2.44 bits per heavy atom. The zero-order valence-electron chi connectivity index (χ0n) is 18.9. The molecule has 0 aliphatic heterocycles. The normalized spacial score (nSPS) is 31.2. The van der Waals surface area contributed by atoms with Crippen LogP contribution in [0.1, 0.15) is 87.5 Å². The Kier molecular flexibility index (Phi) is 9.36. The van der Waals surface area contributed by atoms with Crippen LogP contribution in [0.25, 0.3) is 0 Å². The van der Waals surface area contributed by atoms with E-state index < -0.39 is 0 Å². The van der Waals surface area contributed by atoms with E-state index in [1.54, 1.807) is 6.92 Å². The Labute approximate surface area is 173 Å². The summed E-state index contributed by atoms with van der Waals surface area (Å²) < 4.78 is 6.29. The lowest BCUT2D eigenvalue weighted by Gasteiger charge is -2.43. The van der Waals surface area contributed by atoms with Crippen molar-refractivity contribution in [2.75, 3.05) is 6.61 Å². The maximum atomic E-state index is 12.1. The zero-order chi connectivity index (χ0) is 21.0. The first-order valence-electron chi connectivity index (χ1n) is 10.8. The molecule has 27 heavy (non-hydrogen) atoms. The molecule has 1 fully saturated rings. The van der Waals surface area contributed by atoms with Crippen molar-refractivity contribution in [1.82, 2.24) is 0 Å². The number of aliphatic hydroxyl groups is 1. The van der Waals surface area contributed by atoms with Gasteiger partial charge in [0.2, 0.25) is 0 Å². The van der Waals surface area contributed by atoms with Crippen LogP contribution < -0.4 is 0 Å². The van der Waals surface area contributed by atoms with Gasteiger partial charge in [-0.1, -0.05) is 48.0 Å². The van der Waals surface area contributed by atoms with Crippen molar-refractivity contribution < 1.29 is 14.6 Å². The minimum absolute atomic E-state index is 0.140. The number of carbonyl (C=O) groups excluding carboxylic acids is 1. The van der Waals surface area contributed by atoms with E-state index in [4.69, 9.17) is 17.4 Å². The molecular formula is C23H44O3S. The topological polar surface area (TPSA) is 46.5 Å². The molecule has 0 aromatic carbocycles. The van der Waals surface area contributed by atoms with Gasteiger partial charge in [-0.3, -0.25) is 4.79 Å². The van der Waals surface area contributed by atoms with Gasteiger partial charge in [-0.25, -0.2) is 0 Å². The molecule has 0 heterocycles. The van der Waals surface area contributed by atoms with Crippen molar-refractivity contribution in [3.05, 3.63) is 0 Å². The van der Waals surface area contributed by atoms with E-state index in [-0.39, 0.29) is 40.0 Å². The van der Waals surface area contributed by atoms with Crippen molar-refractivity contribution in [3.63, 3.8) is 0 Å². The maximum absolute atomic E-state index is 12.1. The minimum atomic E-state index is -0.332. The van der Waals surface area contributed by atoms with Crippen LogP contribution in [0.15, 0.2) is 0 Å². The van der Waals surface area contributed by atoms with Crippen LogP contribution in [0.5, 0.6) is 0 Å². The predicted octanol–water partition coefficient (Wildman–Crippen LogP) is 5.54. The fraction of sp³-hybridized carbons (Fsp3) is 0.957. The molecule has 1 aliphatic carbocycles. The van der Waals surface area contributed by atoms with E-state index in [1.807, 2.05) is 0 Å². The molecule has 0 bridgehead atoms. The van der Waals surface area contributed by atoms with Crippen molar-refractivity contribution in [1.29, 1.82) is 0 Å². The molecular weight excluding hydrogens is 356 g/mol. The molecule has 1 aliphatic rings. The SMILES string of the molecule is CCC(C(S)CC(C)COC(C)C1(C)CCC(O)C(C)C1)C(C)(C)C(C)=O. The molecule has 0 amide bonds. The number of ketones is 1. The largest absolute Gasteiger partial charge is 0.393 e. The second kappa shape index (κ2) is 10.1. The van der Waals surface area contributed by atoms with Crippen LogP contribution >= 0.6 is 12.6 Å². The van der Waals surface area contributed by atoms with E-state index in [0.717, 1.165) is 38.7 Å². The molecule has 1 rings (SSSR count). The summed E-state index contributed by atoms with van der Waals surface area (Å²) in [5, 5.41) is 10.2. The first-order valence-corrected chi connectivity index (χ1v) is 11.4. The predicted molar refractivity (Wildman–Crippen MR) is 117 cm³/mol. The fourth-order valence-electron chi connectivity index (χ4n) is 4.78. The summed E-state index contributed by atoms with van der Waals surface area (Å²) in [4.78, 5) is 12.1. The summed E-state index contributed by atoms with van der Waals surface area (Å²) in [5.74, 6) is 1.26. The fourth-order valence-corrected chi connectivity index (χ4v) is 5.73. The number of carbonyl (C=O) groups is 1. The average Bonchev–Trinajstić information content (AvgIpc) is 2.56. The maximum Gasteiger partial charge on any atom is 0.135 e. The average molecular weight is 401 g/mol. The highest BCUT2D eigenvalue weighted by Crippen LogP contribution is 2.43. The highest BCUT2D eigenvalue weighted by Gasteiger charge is 2.40. The van der Waals surface area contributed by atoms with Crippen LogP contribution in [-0.4, -0.2) is 35.0 Å². The number of hydrogen-bond acceptors (Lipinski definition) is 4. The van der Waals surface area contributed by atoms with Crippen molar-refractivity contribution in [2.24, 2.45) is 28.6 Å². The van der Waals surface area contributed by atoms with Crippen LogP contribution in [0, 0.1) is 28.6 Å². The first-order chi connectivity index (χ1) is 12.3. The molecule has 0 saturated heterocycles. The molecule has 0 aromatic rings. The van der Waals surface area contributed by atoms with E-state index in [0.29, 0.717) is 11.8 Å². The van der Waals surface area contributed by atoms with Gasteiger partial charge in [0.05, 0.1) is 12.2 Å². The zero-order valence-corrected chi connectivity index (χ0v) is 19.8. The van der Waals surface area contributed by atoms with Crippen molar-refractivity contribution in [2.45, 2.75) is 105 Å². The van der Waals surface area contributed by atoms with E-state index in [2.05, 4.69) is 48.5 Å². The molecule has 7 unspecified atom stereocenters. The monoisotopic (exact) mass is 400 g/mol. The molecule has 1 N–H and O–H groups in total.